The second-order valence-corrected chi connectivity index (χ2v) is 4.21. The Morgan fingerprint density at radius 1 is 1.22 bits per heavy atom. The van der Waals surface area contributed by atoms with E-state index in [0.717, 1.165) is 5.56 Å². The van der Waals surface area contributed by atoms with Crippen molar-refractivity contribution < 1.29 is 13.5 Å². The van der Waals surface area contributed by atoms with Crippen LogP contribution in [0.4, 0.5) is 8.78 Å². The van der Waals surface area contributed by atoms with Crippen LogP contribution in [0.2, 0.25) is 0 Å². The van der Waals surface area contributed by atoms with Crippen LogP contribution >= 0.6 is 0 Å². The van der Waals surface area contributed by atoms with Crippen molar-refractivity contribution in [1.82, 2.24) is 5.32 Å². The van der Waals surface area contributed by atoms with E-state index in [0.29, 0.717) is 13.1 Å². The van der Waals surface area contributed by atoms with E-state index in [-0.39, 0.29) is 17.7 Å². The molecule has 1 aromatic carbocycles. The Morgan fingerprint density at radius 3 is 2.22 bits per heavy atom. The largest absolute Gasteiger partial charge is 0.380 e. The van der Waals surface area contributed by atoms with Crippen molar-refractivity contribution in [2.75, 3.05) is 20.2 Å². The lowest BCUT2D eigenvalue weighted by atomic mass is 10.0. The predicted molar refractivity (Wildman–Crippen MR) is 67.7 cm³/mol. The summed E-state index contributed by atoms with van der Waals surface area (Å²) in [5.74, 6) is 0. The summed E-state index contributed by atoms with van der Waals surface area (Å²) in [5.41, 5.74) is 6.61. The molecule has 1 aromatic rings. The highest BCUT2D eigenvalue weighted by atomic mass is 19.3. The Morgan fingerprint density at radius 2 is 1.78 bits per heavy atom. The smallest absolute Gasteiger partial charge is 0.263 e. The Labute approximate surface area is 106 Å². The molecule has 0 heterocycles. The summed E-state index contributed by atoms with van der Waals surface area (Å²) in [4.78, 5) is 0. The average molecular weight is 258 g/mol. The molecule has 0 fully saturated rings. The zero-order valence-corrected chi connectivity index (χ0v) is 10.7. The number of halogens is 2. The molecule has 0 aromatic heterocycles. The Hall–Kier alpha value is -1.04. The molecule has 5 heteroatoms. The molecule has 102 valence electrons. The van der Waals surface area contributed by atoms with E-state index in [9.17, 15) is 8.78 Å². The standard InChI is InChI=1S/C13H20F2N2O/c1-9(18-2)8-17-12(7-16)10-3-5-11(6-4-10)13(14)15/h3-6,9,12-13,17H,7-8,16H2,1-2H3. The summed E-state index contributed by atoms with van der Waals surface area (Å²) in [5, 5.41) is 3.25. The fourth-order valence-electron chi connectivity index (χ4n) is 1.60. The monoisotopic (exact) mass is 258 g/mol. The third-order valence-electron chi connectivity index (χ3n) is 2.88. The van der Waals surface area contributed by atoms with Crippen LogP contribution < -0.4 is 11.1 Å². The van der Waals surface area contributed by atoms with Crippen molar-refractivity contribution in [3.8, 4) is 0 Å². The summed E-state index contributed by atoms with van der Waals surface area (Å²) in [6.07, 6.45) is -2.35. The van der Waals surface area contributed by atoms with Crippen molar-refractivity contribution in [2.45, 2.75) is 25.5 Å². The van der Waals surface area contributed by atoms with Crippen LogP contribution in [0.15, 0.2) is 24.3 Å². The average Bonchev–Trinajstić information content (AvgIpc) is 2.39. The predicted octanol–water partition coefficient (Wildman–Crippen LogP) is 2.25. The molecule has 0 aliphatic carbocycles. The SMILES string of the molecule is COC(C)CNC(CN)c1ccc(C(F)F)cc1. The molecule has 2 unspecified atom stereocenters. The second kappa shape index (κ2) is 7.41. The van der Waals surface area contributed by atoms with Crippen LogP contribution in [0.25, 0.3) is 0 Å². The molecule has 0 saturated carbocycles. The zero-order chi connectivity index (χ0) is 13.5. The molecule has 0 radical (unpaired) electrons. The quantitative estimate of drug-likeness (QED) is 0.788. The number of alkyl halides is 2. The number of nitrogens with two attached hydrogens (primary N) is 1. The van der Waals surface area contributed by atoms with Crippen molar-refractivity contribution in [1.29, 1.82) is 0 Å². The first-order valence-corrected chi connectivity index (χ1v) is 5.92. The van der Waals surface area contributed by atoms with Gasteiger partial charge < -0.3 is 15.8 Å². The first kappa shape index (κ1) is 15.0. The van der Waals surface area contributed by atoms with Gasteiger partial charge >= 0.3 is 0 Å². The molecule has 0 aliphatic heterocycles. The Kier molecular flexibility index (Phi) is 6.18. The molecule has 0 saturated heterocycles. The van der Waals surface area contributed by atoms with E-state index in [4.69, 9.17) is 10.5 Å². The van der Waals surface area contributed by atoms with Gasteiger partial charge in [0.15, 0.2) is 0 Å². The van der Waals surface area contributed by atoms with Crippen LogP contribution in [0.3, 0.4) is 0 Å². The van der Waals surface area contributed by atoms with Gasteiger partial charge in [-0.2, -0.15) is 0 Å². The number of hydrogen-bond donors (Lipinski definition) is 2. The van der Waals surface area contributed by atoms with Gasteiger partial charge in [0.05, 0.1) is 6.10 Å². The highest BCUT2D eigenvalue weighted by Crippen LogP contribution is 2.21. The zero-order valence-electron chi connectivity index (χ0n) is 10.7. The molecular formula is C13H20F2N2O. The van der Waals surface area contributed by atoms with Crippen molar-refractivity contribution in [3.63, 3.8) is 0 Å². The number of rotatable bonds is 7. The van der Waals surface area contributed by atoms with Gasteiger partial charge in [-0.05, 0) is 12.5 Å². The fraction of sp³-hybridized carbons (Fsp3) is 0.538. The van der Waals surface area contributed by atoms with E-state index in [2.05, 4.69) is 5.32 Å². The molecule has 3 nitrogen and oxygen atoms in total. The fourth-order valence-corrected chi connectivity index (χ4v) is 1.60. The maximum atomic E-state index is 12.4. The topological polar surface area (TPSA) is 47.3 Å². The van der Waals surface area contributed by atoms with Gasteiger partial charge in [-0.1, -0.05) is 24.3 Å². The minimum Gasteiger partial charge on any atom is -0.380 e. The van der Waals surface area contributed by atoms with Gasteiger partial charge in [0.1, 0.15) is 0 Å². The number of hydrogen-bond acceptors (Lipinski definition) is 3. The van der Waals surface area contributed by atoms with Gasteiger partial charge in [-0.3, -0.25) is 0 Å². The lowest BCUT2D eigenvalue weighted by Gasteiger charge is -2.20. The molecule has 0 aliphatic rings. The minimum absolute atomic E-state index is 0.0276. The Balaban J connectivity index is 2.64. The highest BCUT2D eigenvalue weighted by molar-refractivity contribution is 5.26. The third-order valence-corrected chi connectivity index (χ3v) is 2.88. The van der Waals surface area contributed by atoms with Gasteiger partial charge in [0.2, 0.25) is 0 Å². The number of methoxy groups -OCH3 is 1. The number of benzene rings is 1. The number of ether oxygens (including phenoxy) is 1. The third kappa shape index (κ3) is 4.33. The second-order valence-electron chi connectivity index (χ2n) is 4.21. The van der Waals surface area contributed by atoms with E-state index >= 15 is 0 Å². The van der Waals surface area contributed by atoms with Crippen molar-refractivity contribution >= 4 is 0 Å². The number of nitrogens with one attached hydrogen (secondary N) is 1. The van der Waals surface area contributed by atoms with E-state index in [1.807, 2.05) is 6.92 Å². The van der Waals surface area contributed by atoms with Gasteiger partial charge in [0, 0.05) is 31.8 Å². The first-order valence-electron chi connectivity index (χ1n) is 5.92. The summed E-state index contributed by atoms with van der Waals surface area (Å²) >= 11 is 0. The van der Waals surface area contributed by atoms with E-state index in [1.165, 1.54) is 12.1 Å². The lowest BCUT2D eigenvalue weighted by Crippen LogP contribution is -2.33. The van der Waals surface area contributed by atoms with Gasteiger partial charge in [-0.25, -0.2) is 8.78 Å². The molecular weight excluding hydrogens is 238 g/mol. The van der Waals surface area contributed by atoms with Gasteiger partial charge in [0.25, 0.3) is 6.43 Å². The van der Waals surface area contributed by atoms with Crippen LogP contribution in [0, 0.1) is 0 Å². The lowest BCUT2D eigenvalue weighted by molar-refractivity contribution is 0.114. The molecule has 0 spiro atoms. The summed E-state index contributed by atoms with van der Waals surface area (Å²) < 4.78 is 30.0. The highest BCUT2D eigenvalue weighted by Gasteiger charge is 2.12. The maximum absolute atomic E-state index is 12.4. The van der Waals surface area contributed by atoms with Crippen LogP contribution in [-0.4, -0.2) is 26.3 Å². The maximum Gasteiger partial charge on any atom is 0.263 e. The summed E-state index contributed by atoms with van der Waals surface area (Å²) in [6, 6.07) is 6.19. The molecule has 18 heavy (non-hydrogen) atoms. The molecule has 0 amide bonds. The molecule has 3 N–H and O–H groups in total. The van der Waals surface area contributed by atoms with Crippen molar-refractivity contribution in [2.24, 2.45) is 5.73 Å². The molecule has 0 bridgehead atoms. The van der Waals surface area contributed by atoms with Crippen LogP contribution in [0.1, 0.15) is 30.5 Å². The van der Waals surface area contributed by atoms with Crippen LogP contribution in [-0.2, 0) is 4.74 Å². The van der Waals surface area contributed by atoms with Gasteiger partial charge in [-0.15, -0.1) is 0 Å². The van der Waals surface area contributed by atoms with E-state index in [1.54, 1.807) is 19.2 Å². The molecule has 1 rings (SSSR count). The summed E-state index contributed by atoms with van der Waals surface area (Å²) in [6.45, 7) is 3.01. The molecule has 2 atom stereocenters. The minimum atomic E-state index is -2.43. The van der Waals surface area contributed by atoms with Crippen molar-refractivity contribution in [3.05, 3.63) is 35.4 Å². The Bertz CT molecular complexity index is 343. The van der Waals surface area contributed by atoms with Crippen LogP contribution in [0.5, 0.6) is 0 Å². The first-order chi connectivity index (χ1) is 8.58. The summed E-state index contributed by atoms with van der Waals surface area (Å²) in [7, 11) is 1.64. The normalized spacial score (nSPS) is 14.8. The van der Waals surface area contributed by atoms with E-state index < -0.39 is 6.43 Å².